The lowest BCUT2D eigenvalue weighted by Crippen LogP contribution is -2.11. The Hall–Kier alpha value is -1.65. The van der Waals surface area contributed by atoms with Crippen LogP contribution >= 0.6 is 22.9 Å². The van der Waals surface area contributed by atoms with Gasteiger partial charge in [0, 0.05) is 10.4 Å². The minimum Gasteiger partial charge on any atom is -0.309 e. The number of fused-ring (bicyclic) bond motifs is 1. The summed E-state index contributed by atoms with van der Waals surface area (Å²) in [5, 5.41) is 0.344. The van der Waals surface area contributed by atoms with E-state index in [-0.39, 0.29) is 10.9 Å². The van der Waals surface area contributed by atoms with E-state index in [0.29, 0.717) is 11.2 Å². The number of thiophene rings is 1. The summed E-state index contributed by atoms with van der Waals surface area (Å²) >= 11 is 7.59. The minimum atomic E-state index is -0.315. The van der Waals surface area contributed by atoms with Crippen LogP contribution in [-0.2, 0) is 0 Å². The van der Waals surface area contributed by atoms with E-state index < -0.39 is 0 Å². The van der Waals surface area contributed by atoms with Gasteiger partial charge in [-0.1, -0.05) is 18.2 Å². The van der Waals surface area contributed by atoms with E-state index in [0.717, 1.165) is 20.8 Å². The van der Waals surface area contributed by atoms with E-state index in [1.54, 1.807) is 6.92 Å². The number of nitrogens with zero attached hydrogens (tertiary/aromatic N) is 1. The van der Waals surface area contributed by atoms with Crippen LogP contribution in [0.4, 0.5) is 0 Å². The summed E-state index contributed by atoms with van der Waals surface area (Å²) < 4.78 is 0. The lowest BCUT2D eigenvalue weighted by Gasteiger charge is -2.06. The fourth-order valence-electron chi connectivity index (χ4n) is 2.57. The number of nitrogens with one attached hydrogen (secondary N) is 1. The molecule has 3 aromatic rings. The fourth-order valence-corrected chi connectivity index (χ4v) is 3.72. The van der Waals surface area contributed by atoms with E-state index in [2.05, 4.69) is 42.0 Å². The van der Waals surface area contributed by atoms with E-state index in [1.807, 2.05) is 6.92 Å². The third kappa shape index (κ3) is 2.46. The highest BCUT2D eigenvalue weighted by atomic mass is 35.5. The Morgan fingerprint density at radius 2 is 1.95 bits per heavy atom. The molecule has 2 heterocycles. The maximum absolute atomic E-state index is 12.5. The first kappa shape index (κ1) is 15.3. The number of aryl methyl sites for hydroxylation is 3. The Balaban J connectivity index is 2.32. The van der Waals surface area contributed by atoms with Gasteiger partial charge in [-0.05, 0) is 44.4 Å². The summed E-state index contributed by atoms with van der Waals surface area (Å²) in [4.78, 5) is 21.7. The third-order valence-corrected chi connectivity index (χ3v) is 5.13. The molecule has 0 aliphatic heterocycles. The van der Waals surface area contributed by atoms with Crippen molar-refractivity contribution in [2.75, 3.05) is 0 Å². The highest BCUT2D eigenvalue weighted by Crippen LogP contribution is 2.36. The summed E-state index contributed by atoms with van der Waals surface area (Å²) in [6, 6.07) is 6.28. The number of aromatic nitrogens is 2. The Kier molecular flexibility index (Phi) is 3.83. The normalized spacial score (nSPS) is 12.8. The van der Waals surface area contributed by atoms with Gasteiger partial charge in [-0.25, -0.2) is 4.98 Å². The molecule has 1 unspecified atom stereocenters. The van der Waals surface area contributed by atoms with Crippen LogP contribution in [-0.4, -0.2) is 9.97 Å². The van der Waals surface area contributed by atoms with Crippen LogP contribution < -0.4 is 5.56 Å². The van der Waals surface area contributed by atoms with Crippen molar-refractivity contribution in [3.05, 3.63) is 50.4 Å². The van der Waals surface area contributed by atoms with E-state index in [1.165, 1.54) is 22.5 Å². The molecule has 0 saturated carbocycles. The molecule has 5 heteroatoms. The summed E-state index contributed by atoms with van der Waals surface area (Å²) in [6.07, 6.45) is 0. The zero-order valence-electron chi connectivity index (χ0n) is 13.0. The van der Waals surface area contributed by atoms with Crippen molar-refractivity contribution >= 4 is 33.2 Å². The lowest BCUT2D eigenvalue weighted by atomic mass is 9.99. The molecule has 22 heavy (non-hydrogen) atoms. The molecular formula is C17H17ClN2OS. The number of hydrogen-bond acceptors (Lipinski definition) is 3. The quantitative estimate of drug-likeness (QED) is 0.680. The molecule has 0 spiro atoms. The first-order valence-corrected chi connectivity index (χ1v) is 8.38. The maximum Gasteiger partial charge on any atom is 0.260 e. The Labute approximate surface area is 138 Å². The zero-order chi connectivity index (χ0) is 16.0. The first-order valence-electron chi connectivity index (χ1n) is 7.13. The number of hydrogen-bond donors (Lipinski definition) is 1. The van der Waals surface area contributed by atoms with Gasteiger partial charge in [0.25, 0.3) is 5.56 Å². The molecule has 3 rings (SSSR count). The average molecular weight is 333 g/mol. The van der Waals surface area contributed by atoms with Gasteiger partial charge in [-0.15, -0.1) is 22.9 Å². The molecule has 0 fully saturated rings. The van der Waals surface area contributed by atoms with Crippen LogP contribution in [0.5, 0.6) is 0 Å². The van der Waals surface area contributed by atoms with Crippen molar-refractivity contribution in [3.8, 4) is 11.1 Å². The van der Waals surface area contributed by atoms with Crippen molar-refractivity contribution in [1.29, 1.82) is 0 Å². The number of alkyl halides is 1. The van der Waals surface area contributed by atoms with Crippen molar-refractivity contribution < 1.29 is 0 Å². The number of rotatable bonds is 2. The van der Waals surface area contributed by atoms with Crippen LogP contribution in [0.2, 0.25) is 0 Å². The third-order valence-electron chi connectivity index (χ3n) is 3.93. The van der Waals surface area contributed by atoms with Gasteiger partial charge < -0.3 is 4.98 Å². The van der Waals surface area contributed by atoms with Gasteiger partial charge in [0.2, 0.25) is 0 Å². The Morgan fingerprint density at radius 3 is 2.59 bits per heavy atom. The molecule has 0 saturated heterocycles. The molecule has 3 nitrogen and oxygen atoms in total. The molecule has 0 amide bonds. The molecule has 1 N–H and O–H groups in total. The van der Waals surface area contributed by atoms with E-state index in [9.17, 15) is 4.79 Å². The van der Waals surface area contributed by atoms with Gasteiger partial charge >= 0.3 is 0 Å². The molecule has 2 aromatic heterocycles. The monoisotopic (exact) mass is 332 g/mol. The fraction of sp³-hybridized carbons (Fsp3) is 0.294. The molecule has 0 radical (unpaired) electrons. The predicted molar refractivity (Wildman–Crippen MR) is 94.2 cm³/mol. The molecule has 1 aromatic carbocycles. The van der Waals surface area contributed by atoms with Crippen LogP contribution in [0.1, 0.15) is 34.1 Å². The van der Waals surface area contributed by atoms with Gasteiger partial charge in [-0.3, -0.25) is 4.79 Å². The SMILES string of the molecule is Cc1ccc(-c2c(C)sc3nc(C(C)Cl)[nH]c(=O)c23)cc1C. The van der Waals surface area contributed by atoms with E-state index in [4.69, 9.17) is 11.6 Å². The number of H-pyrrole nitrogens is 1. The van der Waals surface area contributed by atoms with Gasteiger partial charge in [-0.2, -0.15) is 0 Å². The topological polar surface area (TPSA) is 45.8 Å². The molecule has 0 aliphatic carbocycles. The average Bonchev–Trinajstić information content (AvgIpc) is 2.78. The molecule has 114 valence electrons. The number of halogens is 1. The molecular weight excluding hydrogens is 316 g/mol. The van der Waals surface area contributed by atoms with E-state index >= 15 is 0 Å². The lowest BCUT2D eigenvalue weighted by molar-refractivity contribution is 0.917. The van der Waals surface area contributed by atoms with Crippen molar-refractivity contribution in [2.45, 2.75) is 33.1 Å². The Morgan fingerprint density at radius 1 is 1.23 bits per heavy atom. The van der Waals surface area contributed by atoms with Crippen LogP contribution in [0, 0.1) is 20.8 Å². The molecule has 0 bridgehead atoms. The van der Waals surface area contributed by atoms with Crippen molar-refractivity contribution in [3.63, 3.8) is 0 Å². The second kappa shape index (κ2) is 5.52. The highest BCUT2D eigenvalue weighted by Gasteiger charge is 2.18. The zero-order valence-corrected chi connectivity index (χ0v) is 14.5. The predicted octanol–water partition coefficient (Wildman–Crippen LogP) is 4.88. The largest absolute Gasteiger partial charge is 0.309 e. The minimum absolute atomic E-state index is 0.120. The molecule has 0 aliphatic rings. The Bertz CT molecular complexity index is 924. The van der Waals surface area contributed by atoms with Crippen LogP contribution in [0.25, 0.3) is 21.3 Å². The highest BCUT2D eigenvalue weighted by molar-refractivity contribution is 7.19. The number of benzene rings is 1. The second-order valence-corrected chi connectivity index (χ2v) is 7.44. The van der Waals surface area contributed by atoms with Gasteiger partial charge in [0.1, 0.15) is 10.7 Å². The second-order valence-electron chi connectivity index (χ2n) is 5.58. The summed E-state index contributed by atoms with van der Waals surface area (Å²) in [5.41, 5.74) is 4.37. The van der Waals surface area contributed by atoms with Crippen molar-refractivity contribution in [2.24, 2.45) is 0 Å². The molecule has 1 atom stereocenters. The summed E-state index contributed by atoms with van der Waals surface area (Å²) in [5.74, 6) is 0.520. The first-order chi connectivity index (χ1) is 10.4. The van der Waals surface area contributed by atoms with Gasteiger partial charge in [0.15, 0.2) is 0 Å². The van der Waals surface area contributed by atoms with Gasteiger partial charge in [0.05, 0.1) is 10.8 Å². The maximum atomic E-state index is 12.5. The standard InChI is InChI=1S/C17H17ClN2OS/c1-8-5-6-12(7-9(8)2)13-11(4)22-17-14(13)16(21)19-15(20-17)10(3)18/h5-7,10H,1-4H3,(H,19,20,21). The van der Waals surface area contributed by atoms with Crippen molar-refractivity contribution in [1.82, 2.24) is 9.97 Å². The smallest absolute Gasteiger partial charge is 0.260 e. The van der Waals surface area contributed by atoms with Crippen LogP contribution in [0.3, 0.4) is 0 Å². The summed E-state index contributed by atoms with van der Waals surface area (Å²) in [7, 11) is 0. The van der Waals surface area contributed by atoms with Crippen LogP contribution in [0.15, 0.2) is 23.0 Å². The summed E-state index contributed by atoms with van der Waals surface area (Å²) in [6.45, 7) is 8.00. The number of aromatic amines is 1.